The zero-order valence-electron chi connectivity index (χ0n) is 24.3. The first-order valence-corrected chi connectivity index (χ1v) is 15.4. The summed E-state index contributed by atoms with van der Waals surface area (Å²) in [5.74, 6) is 0.459. The summed E-state index contributed by atoms with van der Waals surface area (Å²) in [4.78, 5) is 39.6. The molecular formula is C33H40ClNO7. The summed E-state index contributed by atoms with van der Waals surface area (Å²) in [5.41, 5.74) is 1.86. The van der Waals surface area contributed by atoms with Crippen molar-refractivity contribution in [2.75, 3.05) is 40.0 Å². The Kier molecular flexibility index (Phi) is 10.1. The molecule has 42 heavy (non-hydrogen) atoms. The van der Waals surface area contributed by atoms with Crippen LogP contribution in [0.15, 0.2) is 36.4 Å². The second-order valence-electron chi connectivity index (χ2n) is 11.7. The van der Waals surface area contributed by atoms with E-state index >= 15 is 0 Å². The fourth-order valence-electron chi connectivity index (χ4n) is 6.66. The molecule has 1 unspecified atom stereocenters. The first-order valence-electron chi connectivity index (χ1n) is 15.1. The van der Waals surface area contributed by atoms with Crippen molar-refractivity contribution < 1.29 is 33.3 Å². The number of carbonyl (C=O) groups excluding carboxylic acids is 3. The van der Waals surface area contributed by atoms with Crippen LogP contribution in [0.25, 0.3) is 0 Å². The number of carbonyl (C=O) groups is 3. The van der Waals surface area contributed by atoms with E-state index < -0.39 is 11.4 Å². The van der Waals surface area contributed by atoms with Gasteiger partial charge in [0.05, 0.1) is 29.7 Å². The minimum Gasteiger partial charge on any atom is -0.496 e. The van der Waals surface area contributed by atoms with Crippen LogP contribution in [-0.4, -0.2) is 69.2 Å². The third-order valence-corrected chi connectivity index (χ3v) is 9.36. The molecule has 6 rings (SSSR count). The molecule has 1 saturated carbocycles. The zero-order valence-corrected chi connectivity index (χ0v) is 25.0. The molecule has 2 bridgehead atoms. The minimum absolute atomic E-state index is 0.00871. The van der Waals surface area contributed by atoms with E-state index in [1.54, 1.807) is 0 Å². The van der Waals surface area contributed by atoms with Gasteiger partial charge in [0, 0.05) is 12.6 Å². The van der Waals surface area contributed by atoms with Gasteiger partial charge in [-0.3, -0.25) is 14.5 Å². The Labute approximate surface area is 252 Å². The van der Waals surface area contributed by atoms with E-state index in [2.05, 4.69) is 23.1 Å². The zero-order chi connectivity index (χ0) is 29.5. The number of nitrogens with zero attached hydrogens (tertiary/aromatic N) is 1. The molecule has 0 aromatic heterocycles. The van der Waals surface area contributed by atoms with Gasteiger partial charge in [0.1, 0.15) is 17.6 Å². The standard InChI is InChI=1S/C33H40ClNO7/c1-39-28-19-29(27(34)18-25(28)21-36)41-22-31(37)40-16-6-8-23-7-5-9-26(17-23)33(12-3-2-4-13-33)32(38)42-30-20-35-14-10-24(30)11-15-35/h5,7,9,17-19,21,24,30H,2-4,6,8,10-16,20,22H2,1H3. The molecule has 226 valence electrons. The number of aryl methyl sites for hydroxylation is 1. The molecule has 4 fully saturated rings. The van der Waals surface area contributed by atoms with Crippen LogP contribution in [-0.2, 0) is 30.9 Å². The number of aldehydes is 1. The maximum absolute atomic E-state index is 13.8. The molecule has 1 atom stereocenters. The average Bonchev–Trinajstić information content (AvgIpc) is 3.03. The Morgan fingerprint density at radius 1 is 1.07 bits per heavy atom. The van der Waals surface area contributed by atoms with Gasteiger partial charge in [0.25, 0.3) is 0 Å². The summed E-state index contributed by atoms with van der Waals surface area (Å²) < 4.78 is 22.3. The van der Waals surface area contributed by atoms with Crippen molar-refractivity contribution >= 4 is 29.8 Å². The van der Waals surface area contributed by atoms with Gasteiger partial charge in [-0.1, -0.05) is 55.1 Å². The van der Waals surface area contributed by atoms with Gasteiger partial charge in [-0.25, -0.2) is 4.79 Å². The molecule has 4 aliphatic rings. The SMILES string of the molecule is COc1cc(OCC(=O)OCCCc2cccc(C3(C(=O)OC4CN5CCC4CC5)CCCCC3)c2)c(Cl)cc1C=O. The molecule has 0 N–H and O–H groups in total. The van der Waals surface area contributed by atoms with Crippen molar-refractivity contribution in [3.8, 4) is 11.5 Å². The fraction of sp³-hybridized carbons (Fsp3) is 0.545. The molecule has 3 saturated heterocycles. The monoisotopic (exact) mass is 597 g/mol. The molecular weight excluding hydrogens is 558 g/mol. The lowest BCUT2D eigenvalue weighted by molar-refractivity contribution is -0.167. The summed E-state index contributed by atoms with van der Waals surface area (Å²) in [7, 11) is 1.43. The third kappa shape index (κ3) is 6.92. The largest absolute Gasteiger partial charge is 0.496 e. The number of hydrogen-bond acceptors (Lipinski definition) is 8. The number of esters is 2. The Morgan fingerprint density at radius 2 is 1.86 bits per heavy atom. The molecule has 2 aromatic rings. The van der Waals surface area contributed by atoms with E-state index in [1.807, 2.05) is 6.07 Å². The summed E-state index contributed by atoms with van der Waals surface area (Å²) in [6.07, 6.45) is 9.07. The maximum Gasteiger partial charge on any atom is 0.344 e. The number of rotatable bonds is 12. The Morgan fingerprint density at radius 3 is 2.55 bits per heavy atom. The van der Waals surface area contributed by atoms with E-state index in [9.17, 15) is 14.4 Å². The second kappa shape index (κ2) is 13.9. The van der Waals surface area contributed by atoms with Crippen molar-refractivity contribution in [1.82, 2.24) is 4.90 Å². The van der Waals surface area contributed by atoms with Crippen LogP contribution in [0.3, 0.4) is 0 Å². The molecule has 3 aliphatic heterocycles. The van der Waals surface area contributed by atoms with Crippen molar-refractivity contribution in [1.29, 1.82) is 0 Å². The summed E-state index contributed by atoms with van der Waals surface area (Å²) in [5, 5.41) is 0.203. The van der Waals surface area contributed by atoms with E-state index in [-0.39, 0.29) is 36.1 Å². The number of piperidine rings is 3. The second-order valence-corrected chi connectivity index (χ2v) is 12.1. The Balaban J connectivity index is 1.14. The van der Waals surface area contributed by atoms with Crippen molar-refractivity contribution in [3.05, 3.63) is 58.1 Å². The number of fused-ring (bicyclic) bond motifs is 3. The number of halogens is 1. The lowest BCUT2D eigenvalue weighted by Gasteiger charge is -2.45. The Bertz CT molecular complexity index is 1270. The highest BCUT2D eigenvalue weighted by molar-refractivity contribution is 6.32. The quantitative estimate of drug-likeness (QED) is 0.179. The number of methoxy groups -OCH3 is 1. The summed E-state index contributed by atoms with van der Waals surface area (Å²) in [6, 6.07) is 11.2. The van der Waals surface area contributed by atoms with Crippen LogP contribution in [0.1, 0.15) is 72.9 Å². The third-order valence-electron chi connectivity index (χ3n) is 9.06. The van der Waals surface area contributed by atoms with Crippen molar-refractivity contribution in [2.45, 2.75) is 69.3 Å². The lowest BCUT2D eigenvalue weighted by Crippen LogP contribution is -2.53. The van der Waals surface area contributed by atoms with Gasteiger partial charge in [-0.05, 0) is 74.7 Å². The summed E-state index contributed by atoms with van der Waals surface area (Å²) in [6.45, 7) is 3.02. The number of hydrogen-bond donors (Lipinski definition) is 0. The number of ether oxygens (including phenoxy) is 4. The number of benzene rings is 2. The molecule has 0 radical (unpaired) electrons. The van der Waals surface area contributed by atoms with Gasteiger partial charge in [-0.2, -0.15) is 0 Å². The maximum atomic E-state index is 13.8. The van der Waals surface area contributed by atoms with E-state index in [0.717, 1.165) is 75.7 Å². The van der Waals surface area contributed by atoms with Crippen LogP contribution in [0.5, 0.6) is 11.5 Å². The molecule has 1 aliphatic carbocycles. The molecule has 2 aromatic carbocycles. The highest BCUT2D eigenvalue weighted by Crippen LogP contribution is 2.42. The molecule has 9 heteroatoms. The smallest absolute Gasteiger partial charge is 0.344 e. The van der Waals surface area contributed by atoms with Crippen LogP contribution < -0.4 is 9.47 Å². The summed E-state index contributed by atoms with van der Waals surface area (Å²) >= 11 is 6.15. The first-order chi connectivity index (χ1) is 20.4. The highest BCUT2D eigenvalue weighted by atomic mass is 35.5. The van der Waals surface area contributed by atoms with Gasteiger partial charge in [-0.15, -0.1) is 0 Å². The molecule has 8 nitrogen and oxygen atoms in total. The van der Waals surface area contributed by atoms with E-state index in [4.69, 9.17) is 30.5 Å². The lowest BCUT2D eigenvalue weighted by atomic mass is 9.69. The van der Waals surface area contributed by atoms with Crippen molar-refractivity contribution in [2.24, 2.45) is 5.92 Å². The van der Waals surface area contributed by atoms with E-state index in [0.29, 0.717) is 36.4 Å². The van der Waals surface area contributed by atoms with Gasteiger partial charge in [0.2, 0.25) is 0 Å². The topological polar surface area (TPSA) is 91.4 Å². The van der Waals surface area contributed by atoms with Crippen molar-refractivity contribution in [3.63, 3.8) is 0 Å². The first kappa shape index (κ1) is 30.4. The molecule has 0 amide bonds. The molecule has 3 heterocycles. The van der Waals surface area contributed by atoms with Crippen LogP contribution in [0, 0.1) is 5.92 Å². The predicted molar refractivity (Wildman–Crippen MR) is 158 cm³/mol. The highest BCUT2D eigenvalue weighted by Gasteiger charge is 2.45. The average molecular weight is 598 g/mol. The Hall–Kier alpha value is -3.10. The van der Waals surface area contributed by atoms with Crippen LogP contribution in [0.4, 0.5) is 0 Å². The molecule has 0 spiro atoms. The minimum atomic E-state index is -0.585. The normalized spacial score (nSPS) is 22.7. The van der Waals surface area contributed by atoms with Gasteiger partial charge >= 0.3 is 11.9 Å². The van der Waals surface area contributed by atoms with E-state index in [1.165, 1.54) is 19.2 Å². The van der Waals surface area contributed by atoms with Gasteiger partial charge in [0.15, 0.2) is 12.9 Å². The predicted octanol–water partition coefficient (Wildman–Crippen LogP) is 5.56. The van der Waals surface area contributed by atoms with Crippen LogP contribution >= 0.6 is 11.6 Å². The van der Waals surface area contributed by atoms with Gasteiger partial charge < -0.3 is 18.9 Å². The van der Waals surface area contributed by atoms with Crippen LogP contribution in [0.2, 0.25) is 5.02 Å². The fourth-order valence-corrected chi connectivity index (χ4v) is 6.88.